The number of primary amides is 1. The first-order valence-corrected chi connectivity index (χ1v) is 8.02. The largest absolute Gasteiger partial charge is 0.361 e. The smallest absolute Gasteiger partial charge is 0.329 e. The van der Waals surface area contributed by atoms with Gasteiger partial charge in [0.2, 0.25) is 5.91 Å². The Balaban J connectivity index is 2.02. The lowest BCUT2D eigenvalue weighted by Gasteiger charge is -2.20. The molecule has 4 N–H and O–H groups in total. The Bertz CT molecular complexity index is 664. The van der Waals surface area contributed by atoms with Gasteiger partial charge in [0.15, 0.2) is 0 Å². The zero-order chi connectivity index (χ0) is 17.5. The predicted molar refractivity (Wildman–Crippen MR) is 91.2 cm³/mol. The van der Waals surface area contributed by atoms with Crippen LogP contribution in [0.15, 0.2) is 29.4 Å². The fourth-order valence-corrected chi connectivity index (χ4v) is 2.69. The van der Waals surface area contributed by atoms with E-state index in [1.165, 1.54) is 6.42 Å². The SMILES string of the molecule is CC(=NNC(=O)C(N)=O)c1cccc(NC(=O)C2CCCCC2)c1. The van der Waals surface area contributed by atoms with Crippen LogP contribution < -0.4 is 16.5 Å². The molecular weight excluding hydrogens is 308 g/mol. The van der Waals surface area contributed by atoms with Crippen molar-refractivity contribution < 1.29 is 14.4 Å². The number of carbonyl (C=O) groups is 3. The molecule has 7 nitrogen and oxygen atoms in total. The lowest BCUT2D eigenvalue weighted by Crippen LogP contribution is -2.33. The third-order valence-corrected chi connectivity index (χ3v) is 4.07. The third-order valence-electron chi connectivity index (χ3n) is 4.07. The summed E-state index contributed by atoms with van der Waals surface area (Å²) in [5.41, 5.74) is 8.82. The van der Waals surface area contributed by atoms with Gasteiger partial charge in [-0.2, -0.15) is 5.10 Å². The molecular formula is C17H22N4O3. The molecule has 0 radical (unpaired) electrons. The second kappa shape index (κ2) is 8.24. The first-order chi connectivity index (χ1) is 11.5. The summed E-state index contributed by atoms with van der Waals surface area (Å²) in [6.07, 6.45) is 5.27. The fourth-order valence-electron chi connectivity index (χ4n) is 2.69. The predicted octanol–water partition coefficient (Wildman–Crippen LogP) is 1.53. The zero-order valence-electron chi connectivity index (χ0n) is 13.7. The van der Waals surface area contributed by atoms with Crippen LogP contribution in [0, 0.1) is 5.92 Å². The number of carbonyl (C=O) groups excluding carboxylic acids is 3. The molecule has 3 amide bonds. The average Bonchev–Trinajstić information content (AvgIpc) is 2.60. The number of anilines is 1. The molecule has 0 aliphatic heterocycles. The summed E-state index contributed by atoms with van der Waals surface area (Å²) >= 11 is 0. The van der Waals surface area contributed by atoms with Crippen molar-refractivity contribution in [2.24, 2.45) is 16.8 Å². The Labute approximate surface area is 140 Å². The Hall–Kier alpha value is -2.70. The van der Waals surface area contributed by atoms with Crippen molar-refractivity contribution >= 4 is 29.1 Å². The van der Waals surface area contributed by atoms with E-state index in [0.29, 0.717) is 11.4 Å². The fraction of sp³-hybridized carbons (Fsp3) is 0.412. The molecule has 2 rings (SSSR count). The lowest BCUT2D eigenvalue weighted by molar-refractivity contribution is -0.137. The van der Waals surface area contributed by atoms with Crippen LogP contribution >= 0.6 is 0 Å². The summed E-state index contributed by atoms with van der Waals surface area (Å²) in [5.74, 6) is -1.95. The van der Waals surface area contributed by atoms with Crippen LogP contribution in [-0.4, -0.2) is 23.4 Å². The number of benzene rings is 1. The minimum Gasteiger partial charge on any atom is -0.361 e. The monoisotopic (exact) mass is 330 g/mol. The Morgan fingerprint density at radius 3 is 2.54 bits per heavy atom. The Morgan fingerprint density at radius 2 is 1.88 bits per heavy atom. The first-order valence-electron chi connectivity index (χ1n) is 8.02. The summed E-state index contributed by atoms with van der Waals surface area (Å²) in [4.78, 5) is 34.1. The Kier molecular flexibility index (Phi) is 6.06. The number of amides is 3. The van der Waals surface area contributed by atoms with Gasteiger partial charge < -0.3 is 11.1 Å². The van der Waals surface area contributed by atoms with Crippen molar-refractivity contribution in [3.8, 4) is 0 Å². The van der Waals surface area contributed by atoms with Crippen molar-refractivity contribution in [3.63, 3.8) is 0 Å². The second-order valence-electron chi connectivity index (χ2n) is 5.91. The lowest BCUT2D eigenvalue weighted by atomic mass is 9.88. The number of nitrogens with zero attached hydrogens (tertiary/aromatic N) is 1. The van der Waals surface area contributed by atoms with Gasteiger partial charge in [0, 0.05) is 11.6 Å². The molecule has 1 aromatic carbocycles. The maximum Gasteiger partial charge on any atom is 0.329 e. The normalized spacial score (nSPS) is 15.6. The van der Waals surface area contributed by atoms with Crippen LogP contribution in [0.4, 0.5) is 5.69 Å². The van der Waals surface area contributed by atoms with Gasteiger partial charge in [0.1, 0.15) is 0 Å². The van der Waals surface area contributed by atoms with Gasteiger partial charge in [-0.25, -0.2) is 5.43 Å². The van der Waals surface area contributed by atoms with Gasteiger partial charge in [-0.05, 0) is 37.5 Å². The summed E-state index contributed by atoms with van der Waals surface area (Å²) in [5, 5.41) is 6.76. The van der Waals surface area contributed by atoms with E-state index in [1.807, 2.05) is 0 Å². The Morgan fingerprint density at radius 1 is 1.17 bits per heavy atom. The van der Waals surface area contributed by atoms with E-state index in [2.05, 4.69) is 15.8 Å². The molecule has 0 aromatic heterocycles. The minimum absolute atomic E-state index is 0.0449. The number of hydrogen-bond donors (Lipinski definition) is 3. The number of hydrazone groups is 1. The highest BCUT2D eigenvalue weighted by molar-refractivity contribution is 6.34. The molecule has 0 unspecified atom stereocenters. The number of nitrogens with two attached hydrogens (primary N) is 1. The van der Waals surface area contributed by atoms with E-state index in [0.717, 1.165) is 31.2 Å². The molecule has 0 spiro atoms. The molecule has 24 heavy (non-hydrogen) atoms. The molecule has 0 saturated heterocycles. The second-order valence-corrected chi connectivity index (χ2v) is 5.91. The van der Waals surface area contributed by atoms with E-state index < -0.39 is 11.8 Å². The van der Waals surface area contributed by atoms with Crippen molar-refractivity contribution in [1.29, 1.82) is 0 Å². The van der Waals surface area contributed by atoms with Crippen LogP contribution in [0.5, 0.6) is 0 Å². The molecule has 7 heteroatoms. The molecule has 1 aliphatic carbocycles. The van der Waals surface area contributed by atoms with Crippen molar-refractivity contribution in [3.05, 3.63) is 29.8 Å². The van der Waals surface area contributed by atoms with Gasteiger partial charge in [0.25, 0.3) is 0 Å². The summed E-state index contributed by atoms with van der Waals surface area (Å²) in [6, 6.07) is 7.17. The number of nitrogens with one attached hydrogen (secondary N) is 2. The highest BCUT2D eigenvalue weighted by Gasteiger charge is 2.21. The summed E-state index contributed by atoms with van der Waals surface area (Å²) in [7, 11) is 0. The average molecular weight is 330 g/mol. The zero-order valence-corrected chi connectivity index (χ0v) is 13.7. The van der Waals surface area contributed by atoms with E-state index >= 15 is 0 Å². The quantitative estimate of drug-likeness (QED) is 0.442. The molecule has 1 aliphatic rings. The third kappa shape index (κ3) is 4.91. The van der Waals surface area contributed by atoms with Gasteiger partial charge in [-0.15, -0.1) is 0 Å². The maximum atomic E-state index is 12.3. The molecule has 1 saturated carbocycles. The molecule has 1 aromatic rings. The van der Waals surface area contributed by atoms with Gasteiger partial charge >= 0.3 is 11.8 Å². The van der Waals surface area contributed by atoms with E-state index in [4.69, 9.17) is 5.73 Å². The highest BCUT2D eigenvalue weighted by Crippen LogP contribution is 2.25. The standard InChI is InChI=1S/C17H22N4O3/c1-11(20-21-17(24)15(18)22)13-8-5-9-14(10-13)19-16(23)12-6-3-2-4-7-12/h5,8-10,12H,2-4,6-7H2,1H3,(H2,18,22)(H,19,23)(H,21,24). The van der Waals surface area contributed by atoms with Crippen molar-refractivity contribution in [2.45, 2.75) is 39.0 Å². The maximum absolute atomic E-state index is 12.3. The van der Waals surface area contributed by atoms with Gasteiger partial charge in [-0.1, -0.05) is 31.4 Å². The first kappa shape index (κ1) is 17.7. The van der Waals surface area contributed by atoms with Crippen LogP contribution in [0.2, 0.25) is 0 Å². The summed E-state index contributed by atoms with van der Waals surface area (Å²) in [6.45, 7) is 1.68. The van der Waals surface area contributed by atoms with Crippen molar-refractivity contribution in [2.75, 3.05) is 5.32 Å². The van der Waals surface area contributed by atoms with E-state index in [9.17, 15) is 14.4 Å². The molecule has 0 atom stereocenters. The molecule has 0 heterocycles. The number of hydrogen-bond acceptors (Lipinski definition) is 4. The van der Waals surface area contributed by atoms with E-state index in [1.54, 1.807) is 31.2 Å². The van der Waals surface area contributed by atoms with Gasteiger partial charge in [0.05, 0.1) is 5.71 Å². The molecule has 1 fully saturated rings. The van der Waals surface area contributed by atoms with Gasteiger partial charge in [-0.3, -0.25) is 14.4 Å². The van der Waals surface area contributed by atoms with Crippen LogP contribution in [-0.2, 0) is 14.4 Å². The molecule has 128 valence electrons. The highest BCUT2D eigenvalue weighted by atomic mass is 16.2. The molecule has 0 bridgehead atoms. The van der Waals surface area contributed by atoms with Crippen LogP contribution in [0.1, 0.15) is 44.6 Å². The van der Waals surface area contributed by atoms with Crippen molar-refractivity contribution in [1.82, 2.24) is 5.43 Å². The topological polar surface area (TPSA) is 114 Å². The van der Waals surface area contributed by atoms with Crippen LogP contribution in [0.3, 0.4) is 0 Å². The van der Waals surface area contributed by atoms with E-state index in [-0.39, 0.29) is 11.8 Å². The van der Waals surface area contributed by atoms with Crippen LogP contribution in [0.25, 0.3) is 0 Å². The number of rotatable bonds is 4. The summed E-state index contributed by atoms with van der Waals surface area (Å²) < 4.78 is 0. The minimum atomic E-state index is -1.10.